The third kappa shape index (κ3) is 5.68. The molecule has 0 unspecified atom stereocenters. The van der Waals surface area contributed by atoms with Crippen LogP contribution in [0.3, 0.4) is 0 Å². The highest BCUT2D eigenvalue weighted by Gasteiger charge is 2.10. The molecule has 4 aromatic rings. The van der Waals surface area contributed by atoms with Crippen LogP contribution in [0.15, 0.2) is 67.1 Å². The van der Waals surface area contributed by atoms with Crippen molar-refractivity contribution in [2.75, 3.05) is 10.6 Å². The van der Waals surface area contributed by atoms with E-state index in [-0.39, 0.29) is 5.82 Å². The third-order valence-electron chi connectivity index (χ3n) is 4.56. The van der Waals surface area contributed by atoms with Gasteiger partial charge in [-0.05, 0) is 42.4 Å². The van der Waals surface area contributed by atoms with E-state index in [9.17, 15) is 4.39 Å². The molecule has 2 aromatic carbocycles. The van der Waals surface area contributed by atoms with Crippen molar-refractivity contribution < 1.29 is 4.39 Å². The van der Waals surface area contributed by atoms with Gasteiger partial charge in [-0.15, -0.1) is 0 Å². The van der Waals surface area contributed by atoms with Crippen LogP contribution in [-0.4, -0.2) is 24.7 Å². The molecule has 0 fully saturated rings. The van der Waals surface area contributed by atoms with Gasteiger partial charge >= 0.3 is 0 Å². The third-order valence-corrected chi connectivity index (χ3v) is 5.04. The van der Waals surface area contributed by atoms with Gasteiger partial charge in [0, 0.05) is 12.4 Å². The Balaban J connectivity index is 1.34. The standard InChI is InChI=1S/C22H20ClFN6S/c1-15-2-4-16(5-3-15)11-29-13-19(10-25-29)26-22(31)27-21-20(23)14-30(28-21)12-17-6-8-18(24)9-7-17/h2-10,13-14H,11-12H2,1H3,(H2,26,27,28,31). The second-order valence-electron chi connectivity index (χ2n) is 7.14. The molecule has 2 N–H and O–H groups in total. The number of nitrogens with one attached hydrogen (secondary N) is 2. The van der Waals surface area contributed by atoms with E-state index in [4.69, 9.17) is 23.8 Å². The van der Waals surface area contributed by atoms with Crippen LogP contribution in [0.25, 0.3) is 0 Å². The summed E-state index contributed by atoms with van der Waals surface area (Å²) >= 11 is 11.7. The molecule has 0 saturated heterocycles. The first-order valence-electron chi connectivity index (χ1n) is 9.58. The van der Waals surface area contributed by atoms with Crippen molar-refractivity contribution in [3.8, 4) is 0 Å². The van der Waals surface area contributed by atoms with Crippen LogP contribution >= 0.6 is 23.8 Å². The molecule has 9 heteroatoms. The Morgan fingerprint density at radius 1 is 0.968 bits per heavy atom. The van der Waals surface area contributed by atoms with Crippen molar-refractivity contribution in [3.63, 3.8) is 0 Å². The van der Waals surface area contributed by atoms with Crippen molar-refractivity contribution >= 4 is 40.4 Å². The fourth-order valence-electron chi connectivity index (χ4n) is 3.00. The maximum atomic E-state index is 13.1. The first kappa shape index (κ1) is 21.0. The Morgan fingerprint density at radius 3 is 2.32 bits per heavy atom. The van der Waals surface area contributed by atoms with E-state index in [0.29, 0.717) is 29.0 Å². The van der Waals surface area contributed by atoms with Crippen LogP contribution in [0.5, 0.6) is 0 Å². The fraction of sp³-hybridized carbons (Fsp3) is 0.136. The van der Waals surface area contributed by atoms with Crippen LogP contribution in [0.4, 0.5) is 15.9 Å². The lowest BCUT2D eigenvalue weighted by atomic mass is 10.1. The van der Waals surface area contributed by atoms with Gasteiger partial charge in [-0.3, -0.25) is 9.36 Å². The molecule has 2 heterocycles. The zero-order valence-corrected chi connectivity index (χ0v) is 18.3. The van der Waals surface area contributed by atoms with Crippen molar-refractivity contribution in [1.29, 1.82) is 0 Å². The van der Waals surface area contributed by atoms with Crippen molar-refractivity contribution in [2.45, 2.75) is 20.0 Å². The summed E-state index contributed by atoms with van der Waals surface area (Å²) in [4.78, 5) is 0. The normalized spacial score (nSPS) is 10.8. The summed E-state index contributed by atoms with van der Waals surface area (Å²) in [7, 11) is 0. The molecule has 2 aromatic heterocycles. The SMILES string of the molecule is Cc1ccc(Cn2cc(NC(=S)Nc3nn(Cc4ccc(F)cc4)cc3Cl)cn2)cc1. The Morgan fingerprint density at radius 2 is 1.61 bits per heavy atom. The largest absolute Gasteiger partial charge is 0.330 e. The Bertz CT molecular complexity index is 1180. The molecule has 0 aliphatic heterocycles. The monoisotopic (exact) mass is 454 g/mol. The van der Waals surface area contributed by atoms with Gasteiger partial charge in [-0.1, -0.05) is 53.6 Å². The molecular weight excluding hydrogens is 435 g/mol. The predicted octanol–water partition coefficient (Wildman–Crippen LogP) is 5.09. The summed E-state index contributed by atoms with van der Waals surface area (Å²) in [6, 6.07) is 14.6. The molecule has 0 amide bonds. The lowest BCUT2D eigenvalue weighted by Crippen LogP contribution is -2.19. The molecule has 4 rings (SSSR count). The smallest absolute Gasteiger partial charge is 0.176 e. The topological polar surface area (TPSA) is 59.7 Å². The number of hydrogen-bond acceptors (Lipinski definition) is 3. The van der Waals surface area contributed by atoms with Crippen molar-refractivity contribution in [1.82, 2.24) is 19.6 Å². The van der Waals surface area contributed by atoms with E-state index in [1.165, 1.54) is 23.3 Å². The van der Waals surface area contributed by atoms with E-state index in [1.54, 1.807) is 29.2 Å². The average Bonchev–Trinajstić information content (AvgIpc) is 3.31. The van der Waals surface area contributed by atoms with Gasteiger partial charge < -0.3 is 10.6 Å². The molecule has 0 aliphatic carbocycles. The summed E-state index contributed by atoms with van der Waals surface area (Å²) in [5, 5.41) is 15.6. The summed E-state index contributed by atoms with van der Waals surface area (Å²) in [5.74, 6) is 0.163. The highest BCUT2D eigenvalue weighted by Crippen LogP contribution is 2.20. The molecule has 0 saturated carbocycles. The molecule has 0 atom stereocenters. The van der Waals surface area contributed by atoms with Crippen LogP contribution < -0.4 is 10.6 Å². The first-order chi connectivity index (χ1) is 14.9. The van der Waals surface area contributed by atoms with Crippen LogP contribution in [0, 0.1) is 12.7 Å². The molecule has 31 heavy (non-hydrogen) atoms. The summed E-state index contributed by atoms with van der Waals surface area (Å²) < 4.78 is 16.6. The Labute approximate surface area is 189 Å². The minimum Gasteiger partial charge on any atom is -0.330 e. The lowest BCUT2D eigenvalue weighted by molar-refractivity contribution is 0.624. The quantitative estimate of drug-likeness (QED) is 0.397. The number of anilines is 2. The molecule has 0 radical (unpaired) electrons. The first-order valence-corrected chi connectivity index (χ1v) is 10.4. The second kappa shape index (κ2) is 9.28. The molecule has 0 aliphatic rings. The highest BCUT2D eigenvalue weighted by molar-refractivity contribution is 7.80. The van der Waals surface area contributed by atoms with Crippen LogP contribution in [-0.2, 0) is 13.1 Å². The van der Waals surface area contributed by atoms with Crippen LogP contribution in [0.1, 0.15) is 16.7 Å². The van der Waals surface area contributed by atoms with Crippen molar-refractivity contribution in [3.05, 3.63) is 94.7 Å². The average molecular weight is 455 g/mol. The molecule has 158 valence electrons. The molecule has 0 spiro atoms. The maximum Gasteiger partial charge on any atom is 0.176 e. The van der Waals surface area contributed by atoms with Gasteiger partial charge in [-0.2, -0.15) is 10.2 Å². The lowest BCUT2D eigenvalue weighted by Gasteiger charge is -2.07. The van der Waals surface area contributed by atoms with Gasteiger partial charge in [0.15, 0.2) is 10.9 Å². The van der Waals surface area contributed by atoms with Gasteiger partial charge in [0.25, 0.3) is 0 Å². The van der Waals surface area contributed by atoms with Gasteiger partial charge in [0.1, 0.15) is 10.8 Å². The molecule has 0 bridgehead atoms. The predicted molar refractivity (Wildman–Crippen MR) is 125 cm³/mol. The maximum absolute atomic E-state index is 13.1. The molecular formula is C22H20ClFN6S. The number of nitrogens with zero attached hydrogens (tertiary/aromatic N) is 4. The number of aromatic nitrogens is 4. The van der Waals surface area contributed by atoms with Crippen molar-refractivity contribution in [2.24, 2.45) is 0 Å². The van der Waals surface area contributed by atoms with E-state index in [2.05, 4.69) is 52.0 Å². The number of halogens is 2. The fourth-order valence-corrected chi connectivity index (χ4v) is 3.42. The number of benzene rings is 2. The zero-order valence-electron chi connectivity index (χ0n) is 16.7. The molecule has 6 nitrogen and oxygen atoms in total. The van der Waals surface area contributed by atoms with Crippen LogP contribution in [0.2, 0.25) is 5.02 Å². The van der Waals surface area contributed by atoms with E-state index in [1.807, 2.05) is 10.9 Å². The second-order valence-corrected chi connectivity index (χ2v) is 7.96. The zero-order chi connectivity index (χ0) is 21.8. The summed E-state index contributed by atoms with van der Waals surface area (Å²) in [5.41, 5.74) is 4.06. The minimum absolute atomic E-state index is 0.275. The van der Waals surface area contributed by atoms with E-state index < -0.39 is 0 Å². The number of thiocarbonyl (C=S) groups is 1. The number of aryl methyl sites for hydroxylation is 1. The summed E-state index contributed by atoms with van der Waals surface area (Å²) in [6.45, 7) is 3.20. The van der Waals surface area contributed by atoms with Gasteiger partial charge in [0.2, 0.25) is 0 Å². The number of hydrogen-bond donors (Lipinski definition) is 2. The van der Waals surface area contributed by atoms with Gasteiger partial charge in [-0.25, -0.2) is 4.39 Å². The highest BCUT2D eigenvalue weighted by atomic mass is 35.5. The Hall–Kier alpha value is -3.23. The summed E-state index contributed by atoms with van der Waals surface area (Å²) in [6.07, 6.45) is 5.27. The minimum atomic E-state index is -0.275. The van der Waals surface area contributed by atoms with E-state index >= 15 is 0 Å². The number of rotatable bonds is 6. The van der Waals surface area contributed by atoms with Gasteiger partial charge in [0.05, 0.1) is 25.0 Å². The Kier molecular flexibility index (Phi) is 6.29. The van der Waals surface area contributed by atoms with E-state index in [0.717, 1.165) is 11.3 Å².